The number of carbonyl (C=O) groups excluding carboxylic acids is 2. The fourth-order valence-corrected chi connectivity index (χ4v) is 4.87. The molecule has 0 unspecified atom stereocenters. The van der Waals surface area contributed by atoms with Crippen molar-refractivity contribution < 1.29 is 9.59 Å². The van der Waals surface area contributed by atoms with E-state index in [0.29, 0.717) is 22.2 Å². The minimum atomic E-state index is -0.105. The average Bonchev–Trinajstić information content (AvgIpc) is 3.38. The smallest absolute Gasteiger partial charge is 0.266 e. The average molecular weight is 403 g/mol. The first kappa shape index (κ1) is 18.5. The van der Waals surface area contributed by atoms with Gasteiger partial charge in [-0.25, -0.2) is 0 Å². The van der Waals surface area contributed by atoms with Crippen LogP contribution in [0.1, 0.15) is 70.5 Å². The van der Waals surface area contributed by atoms with Gasteiger partial charge < -0.3 is 10.2 Å². The van der Waals surface area contributed by atoms with Gasteiger partial charge in [-0.1, -0.05) is 11.6 Å². The fourth-order valence-electron chi connectivity index (χ4n) is 3.73. The number of nitrogens with one attached hydrogen (secondary N) is 1. The zero-order chi connectivity index (χ0) is 19.0. The van der Waals surface area contributed by atoms with Crippen LogP contribution >= 0.6 is 22.9 Å². The topological polar surface area (TPSA) is 49.4 Å². The standard InChI is InChI=1S/C21H23ClN2O2S/c1-13-4-2-3-10-24(13)21(26)17-8-7-15(12-18(17)22)23-20(25)19-16(9-11-27-19)14-5-6-14/h7-9,11-14H,2-6,10H2,1H3,(H,23,25)/t13-/m1/s1. The molecule has 1 aromatic carbocycles. The van der Waals surface area contributed by atoms with Gasteiger partial charge in [0, 0.05) is 18.3 Å². The van der Waals surface area contributed by atoms with Crippen LogP contribution in [0.25, 0.3) is 0 Å². The van der Waals surface area contributed by atoms with E-state index in [9.17, 15) is 9.59 Å². The van der Waals surface area contributed by atoms with Crippen molar-refractivity contribution >= 4 is 40.4 Å². The molecule has 1 N–H and O–H groups in total. The van der Waals surface area contributed by atoms with Crippen LogP contribution in [0.5, 0.6) is 0 Å². The molecule has 1 aliphatic heterocycles. The van der Waals surface area contributed by atoms with Crippen LogP contribution in [-0.4, -0.2) is 29.3 Å². The molecule has 2 aliphatic rings. The number of halogens is 1. The minimum absolute atomic E-state index is 0.0284. The molecule has 1 aliphatic carbocycles. The second-order valence-corrected chi connectivity index (χ2v) is 8.79. The molecule has 142 valence electrons. The molecule has 1 aromatic heterocycles. The van der Waals surface area contributed by atoms with Gasteiger partial charge in [-0.2, -0.15) is 0 Å². The molecule has 0 spiro atoms. The molecule has 6 heteroatoms. The molecule has 1 saturated carbocycles. The van der Waals surface area contributed by atoms with Gasteiger partial charge in [0.2, 0.25) is 0 Å². The number of rotatable bonds is 4. The van der Waals surface area contributed by atoms with E-state index in [2.05, 4.69) is 12.2 Å². The molecule has 4 nitrogen and oxygen atoms in total. The van der Waals surface area contributed by atoms with Gasteiger partial charge in [0.25, 0.3) is 11.8 Å². The van der Waals surface area contributed by atoms with E-state index in [4.69, 9.17) is 11.6 Å². The fraction of sp³-hybridized carbons (Fsp3) is 0.429. The third kappa shape index (κ3) is 3.90. The maximum absolute atomic E-state index is 12.8. The molecule has 0 radical (unpaired) electrons. The van der Waals surface area contributed by atoms with Crippen LogP contribution in [-0.2, 0) is 0 Å². The van der Waals surface area contributed by atoms with E-state index in [1.807, 2.05) is 16.3 Å². The van der Waals surface area contributed by atoms with Gasteiger partial charge in [0.05, 0.1) is 15.5 Å². The van der Waals surface area contributed by atoms with E-state index in [1.54, 1.807) is 18.2 Å². The number of likely N-dealkylation sites (tertiary alicyclic amines) is 1. The molecule has 1 saturated heterocycles. The molecule has 2 aromatic rings. The van der Waals surface area contributed by atoms with E-state index in [0.717, 1.165) is 49.1 Å². The maximum atomic E-state index is 12.8. The molecule has 1 atom stereocenters. The van der Waals surface area contributed by atoms with Crippen LogP contribution in [0.3, 0.4) is 0 Å². The Morgan fingerprint density at radius 3 is 2.70 bits per heavy atom. The summed E-state index contributed by atoms with van der Waals surface area (Å²) >= 11 is 7.87. The quantitative estimate of drug-likeness (QED) is 0.729. The molecule has 0 bridgehead atoms. The summed E-state index contributed by atoms with van der Waals surface area (Å²) in [5.74, 6) is 0.401. The Bertz CT molecular complexity index is 875. The van der Waals surface area contributed by atoms with Gasteiger partial charge in [-0.05, 0) is 80.2 Å². The Labute approximate surface area is 168 Å². The van der Waals surface area contributed by atoms with Gasteiger partial charge in [-0.15, -0.1) is 11.3 Å². The Kier molecular flexibility index (Phi) is 5.24. The van der Waals surface area contributed by atoms with Crippen molar-refractivity contribution in [1.29, 1.82) is 0 Å². The summed E-state index contributed by atoms with van der Waals surface area (Å²) in [6.45, 7) is 2.86. The third-order valence-corrected chi connectivity index (χ3v) is 6.68. The lowest BCUT2D eigenvalue weighted by Crippen LogP contribution is -2.42. The van der Waals surface area contributed by atoms with Crippen LogP contribution in [0.4, 0.5) is 5.69 Å². The minimum Gasteiger partial charge on any atom is -0.336 e. The van der Waals surface area contributed by atoms with E-state index in [1.165, 1.54) is 11.3 Å². The Balaban J connectivity index is 1.49. The molecule has 2 heterocycles. The van der Waals surface area contributed by atoms with Crippen molar-refractivity contribution in [1.82, 2.24) is 4.90 Å². The number of benzene rings is 1. The van der Waals surface area contributed by atoms with Crippen molar-refractivity contribution in [2.45, 2.75) is 51.0 Å². The summed E-state index contributed by atoms with van der Waals surface area (Å²) in [7, 11) is 0. The highest BCUT2D eigenvalue weighted by molar-refractivity contribution is 7.12. The van der Waals surface area contributed by atoms with E-state index < -0.39 is 0 Å². The first-order valence-electron chi connectivity index (χ1n) is 9.54. The summed E-state index contributed by atoms with van der Waals surface area (Å²) in [5.41, 5.74) is 2.26. The third-order valence-electron chi connectivity index (χ3n) is 5.44. The van der Waals surface area contributed by atoms with Gasteiger partial charge in [-0.3, -0.25) is 9.59 Å². The number of anilines is 1. The number of nitrogens with zero attached hydrogens (tertiary/aromatic N) is 1. The number of carbonyl (C=O) groups is 2. The number of amides is 2. The maximum Gasteiger partial charge on any atom is 0.266 e. The van der Waals surface area contributed by atoms with Crippen molar-refractivity contribution in [3.63, 3.8) is 0 Å². The first-order valence-corrected chi connectivity index (χ1v) is 10.8. The van der Waals surface area contributed by atoms with E-state index >= 15 is 0 Å². The monoisotopic (exact) mass is 402 g/mol. The lowest BCUT2D eigenvalue weighted by atomic mass is 10.0. The summed E-state index contributed by atoms with van der Waals surface area (Å²) < 4.78 is 0. The van der Waals surface area contributed by atoms with Gasteiger partial charge in [0.15, 0.2) is 0 Å². The summed E-state index contributed by atoms with van der Waals surface area (Å²) in [6.07, 6.45) is 5.55. The lowest BCUT2D eigenvalue weighted by molar-refractivity contribution is 0.0635. The highest BCUT2D eigenvalue weighted by atomic mass is 35.5. The molecule has 2 amide bonds. The van der Waals surface area contributed by atoms with Crippen LogP contribution in [0.2, 0.25) is 5.02 Å². The van der Waals surface area contributed by atoms with Crippen LogP contribution < -0.4 is 5.32 Å². The normalized spacial score (nSPS) is 19.8. The molecule has 27 heavy (non-hydrogen) atoms. The van der Waals surface area contributed by atoms with Crippen LogP contribution in [0.15, 0.2) is 29.6 Å². The number of hydrogen-bond donors (Lipinski definition) is 1. The van der Waals surface area contributed by atoms with Crippen LogP contribution in [0, 0.1) is 0 Å². The largest absolute Gasteiger partial charge is 0.336 e. The molecular formula is C21H23ClN2O2S. The lowest BCUT2D eigenvalue weighted by Gasteiger charge is -2.33. The SMILES string of the molecule is C[C@@H]1CCCCN1C(=O)c1ccc(NC(=O)c2sccc2C2CC2)cc1Cl. The Hall–Kier alpha value is -1.85. The predicted octanol–water partition coefficient (Wildman–Crippen LogP) is 5.55. The van der Waals surface area contributed by atoms with Gasteiger partial charge >= 0.3 is 0 Å². The summed E-state index contributed by atoms with van der Waals surface area (Å²) in [6, 6.07) is 7.44. The number of thiophene rings is 1. The second-order valence-electron chi connectivity index (χ2n) is 7.47. The molecule has 2 fully saturated rings. The first-order chi connectivity index (χ1) is 13.0. The highest BCUT2D eigenvalue weighted by Crippen LogP contribution is 2.43. The number of hydrogen-bond acceptors (Lipinski definition) is 3. The highest BCUT2D eigenvalue weighted by Gasteiger charge is 2.29. The zero-order valence-electron chi connectivity index (χ0n) is 15.3. The van der Waals surface area contributed by atoms with Crippen molar-refractivity contribution in [2.24, 2.45) is 0 Å². The van der Waals surface area contributed by atoms with Crippen molar-refractivity contribution in [2.75, 3.05) is 11.9 Å². The zero-order valence-corrected chi connectivity index (χ0v) is 16.9. The Morgan fingerprint density at radius 2 is 2.00 bits per heavy atom. The predicted molar refractivity (Wildman–Crippen MR) is 110 cm³/mol. The summed E-state index contributed by atoms with van der Waals surface area (Å²) in [4.78, 5) is 28.1. The number of piperidine rings is 1. The molecule has 4 rings (SSSR count). The van der Waals surface area contributed by atoms with Crippen molar-refractivity contribution in [3.8, 4) is 0 Å². The van der Waals surface area contributed by atoms with Gasteiger partial charge in [0.1, 0.15) is 0 Å². The van der Waals surface area contributed by atoms with E-state index in [-0.39, 0.29) is 17.9 Å². The second kappa shape index (κ2) is 7.64. The molecular weight excluding hydrogens is 380 g/mol. The van der Waals surface area contributed by atoms with Crippen molar-refractivity contribution in [3.05, 3.63) is 50.7 Å². The Morgan fingerprint density at radius 1 is 1.19 bits per heavy atom. The summed E-state index contributed by atoms with van der Waals surface area (Å²) in [5, 5.41) is 5.27.